The molecule has 9 nitrogen and oxygen atoms in total. The van der Waals surface area contributed by atoms with Crippen LogP contribution in [0.15, 0.2) is 47.4 Å². The second-order valence-electron chi connectivity index (χ2n) is 8.19. The Balaban J connectivity index is 1.36. The first-order chi connectivity index (χ1) is 15.6. The van der Waals surface area contributed by atoms with Gasteiger partial charge < -0.3 is 9.80 Å². The van der Waals surface area contributed by atoms with Gasteiger partial charge in [-0.1, -0.05) is 23.5 Å². The van der Waals surface area contributed by atoms with Crippen LogP contribution in [0.5, 0.6) is 0 Å². The number of nitro groups is 1. The Morgan fingerprint density at radius 1 is 1.12 bits per heavy atom. The highest BCUT2D eigenvalue weighted by atomic mass is 32.2. The average Bonchev–Trinajstić information content (AvgIpc) is 3.23. The summed E-state index contributed by atoms with van der Waals surface area (Å²) in [7, 11) is -3.33. The van der Waals surface area contributed by atoms with Gasteiger partial charge in [-0.2, -0.15) is 0 Å². The van der Waals surface area contributed by atoms with Gasteiger partial charge >= 0.3 is 0 Å². The molecule has 0 spiro atoms. The van der Waals surface area contributed by atoms with Crippen molar-refractivity contribution in [2.24, 2.45) is 0 Å². The molecule has 2 aromatic carbocycles. The van der Waals surface area contributed by atoms with Crippen LogP contribution in [0.3, 0.4) is 0 Å². The number of piperazine rings is 1. The number of hydrogen-bond acceptors (Lipinski definition) is 8. The molecule has 2 heterocycles. The van der Waals surface area contributed by atoms with Gasteiger partial charge in [0.1, 0.15) is 0 Å². The van der Waals surface area contributed by atoms with Crippen molar-refractivity contribution in [2.45, 2.75) is 30.4 Å². The van der Waals surface area contributed by atoms with Gasteiger partial charge in [0.2, 0.25) is 5.91 Å². The molecule has 4 rings (SSSR count). The first kappa shape index (κ1) is 23.1. The van der Waals surface area contributed by atoms with Crippen LogP contribution < -0.4 is 4.90 Å². The third-order valence-electron chi connectivity index (χ3n) is 5.70. The summed E-state index contributed by atoms with van der Waals surface area (Å²) >= 11 is 1.41. The van der Waals surface area contributed by atoms with Gasteiger partial charge in [0.05, 0.1) is 31.7 Å². The number of hydrogen-bond donors (Lipinski definition) is 0. The highest BCUT2D eigenvalue weighted by molar-refractivity contribution is 7.92. The fourth-order valence-electron chi connectivity index (χ4n) is 3.65. The maximum absolute atomic E-state index is 12.8. The first-order valence-corrected chi connectivity index (χ1v) is 12.9. The van der Waals surface area contributed by atoms with Crippen LogP contribution in [-0.2, 0) is 21.1 Å². The Kier molecular flexibility index (Phi) is 6.35. The van der Waals surface area contributed by atoms with Gasteiger partial charge in [-0.3, -0.25) is 14.9 Å². The van der Waals surface area contributed by atoms with Gasteiger partial charge in [0.15, 0.2) is 15.0 Å². The zero-order chi connectivity index (χ0) is 23.8. The molecule has 0 unspecified atom stereocenters. The van der Waals surface area contributed by atoms with Crippen molar-refractivity contribution in [3.05, 3.63) is 58.1 Å². The van der Waals surface area contributed by atoms with Crippen molar-refractivity contribution >= 4 is 48.1 Å². The molecule has 0 bridgehead atoms. The quantitative estimate of drug-likeness (QED) is 0.386. The van der Waals surface area contributed by atoms with E-state index < -0.39 is 20.0 Å². The highest BCUT2D eigenvalue weighted by Gasteiger charge is 2.24. The van der Waals surface area contributed by atoms with Crippen LogP contribution in [0.25, 0.3) is 10.2 Å². The van der Waals surface area contributed by atoms with Crippen LogP contribution in [0, 0.1) is 10.1 Å². The van der Waals surface area contributed by atoms with E-state index in [1.54, 1.807) is 49.1 Å². The lowest BCUT2D eigenvalue weighted by molar-refractivity contribution is -0.384. The summed E-state index contributed by atoms with van der Waals surface area (Å²) in [5, 5.41) is 11.3. The predicted octanol–water partition coefficient (Wildman–Crippen LogP) is 3.28. The van der Waals surface area contributed by atoms with Crippen molar-refractivity contribution in [3.8, 4) is 0 Å². The van der Waals surface area contributed by atoms with E-state index in [-0.39, 0.29) is 22.9 Å². The average molecular weight is 489 g/mol. The summed E-state index contributed by atoms with van der Waals surface area (Å²) in [4.78, 5) is 32.1. The monoisotopic (exact) mass is 488 g/mol. The van der Waals surface area contributed by atoms with E-state index in [1.165, 1.54) is 23.5 Å². The van der Waals surface area contributed by atoms with Crippen molar-refractivity contribution in [3.63, 3.8) is 0 Å². The number of non-ortho nitro benzene ring substituents is 1. The maximum Gasteiger partial charge on any atom is 0.270 e. The molecule has 1 saturated heterocycles. The Labute approximate surface area is 195 Å². The van der Waals surface area contributed by atoms with Crippen LogP contribution in [-0.4, -0.2) is 60.6 Å². The number of anilines is 1. The summed E-state index contributed by atoms with van der Waals surface area (Å²) in [6, 6.07) is 11.2. The molecule has 1 aromatic heterocycles. The number of benzene rings is 2. The standard InChI is InChI=1S/C22H24N4O5S2/c1-15(2)33(30,31)18-6-3-16(4-7-18)13-21(27)24-9-11-25(12-10-24)22-23-19-8-5-17(26(28)29)14-20(19)32-22/h3-8,14-15H,9-13H2,1-2H3. The molecule has 174 valence electrons. The molecule has 0 saturated carbocycles. The summed E-state index contributed by atoms with van der Waals surface area (Å²) < 4.78 is 25.3. The van der Waals surface area contributed by atoms with Crippen molar-refractivity contribution in [2.75, 3.05) is 31.1 Å². The molecular weight excluding hydrogens is 464 g/mol. The van der Waals surface area contributed by atoms with Crippen LogP contribution in [0.2, 0.25) is 0 Å². The molecule has 0 N–H and O–H groups in total. The first-order valence-electron chi connectivity index (χ1n) is 10.6. The minimum Gasteiger partial charge on any atom is -0.345 e. The lowest BCUT2D eigenvalue weighted by atomic mass is 10.1. The number of nitrogens with zero attached hydrogens (tertiary/aromatic N) is 4. The number of aromatic nitrogens is 1. The van der Waals surface area contributed by atoms with Crippen LogP contribution in [0.4, 0.5) is 10.8 Å². The molecule has 0 atom stereocenters. The van der Waals surface area contributed by atoms with E-state index in [1.807, 2.05) is 0 Å². The smallest absolute Gasteiger partial charge is 0.270 e. The molecule has 1 aliphatic rings. The highest BCUT2D eigenvalue weighted by Crippen LogP contribution is 2.32. The van der Waals surface area contributed by atoms with E-state index in [0.29, 0.717) is 26.2 Å². The Morgan fingerprint density at radius 2 is 1.79 bits per heavy atom. The van der Waals surface area contributed by atoms with Gasteiger partial charge in [0, 0.05) is 38.3 Å². The number of nitro benzene ring substituents is 1. The number of rotatable bonds is 6. The number of amides is 1. The second kappa shape index (κ2) is 9.06. The third-order valence-corrected chi connectivity index (χ3v) is 8.95. The molecule has 0 radical (unpaired) electrons. The molecule has 1 aliphatic heterocycles. The minimum atomic E-state index is -3.33. The lowest BCUT2D eigenvalue weighted by Gasteiger charge is -2.34. The van der Waals surface area contributed by atoms with E-state index in [4.69, 9.17) is 0 Å². The van der Waals surface area contributed by atoms with Gasteiger partial charge in [-0.05, 0) is 37.6 Å². The fraction of sp³-hybridized carbons (Fsp3) is 0.364. The van der Waals surface area contributed by atoms with Gasteiger partial charge in [0.25, 0.3) is 5.69 Å². The number of sulfone groups is 1. The largest absolute Gasteiger partial charge is 0.345 e. The van der Waals surface area contributed by atoms with Crippen LogP contribution >= 0.6 is 11.3 Å². The molecule has 3 aromatic rings. The van der Waals surface area contributed by atoms with E-state index >= 15 is 0 Å². The third kappa shape index (κ3) is 4.83. The van der Waals surface area contributed by atoms with Crippen molar-refractivity contribution < 1.29 is 18.1 Å². The summed E-state index contributed by atoms with van der Waals surface area (Å²) in [6.07, 6.45) is 0.215. The molecular formula is C22H24N4O5S2. The topological polar surface area (TPSA) is 114 Å². The van der Waals surface area contributed by atoms with E-state index in [9.17, 15) is 23.3 Å². The number of thiazole rings is 1. The Morgan fingerprint density at radius 3 is 2.39 bits per heavy atom. The number of carbonyl (C=O) groups is 1. The van der Waals surface area contributed by atoms with E-state index in [0.717, 1.165) is 20.9 Å². The Hall–Kier alpha value is -3.05. The fourth-order valence-corrected chi connectivity index (χ4v) is 5.76. The normalized spacial score (nSPS) is 14.8. The molecule has 1 fully saturated rings. The predicted molar refractivity (Wildman–Crippen MR) is 128 cm³/mol. The molecule has 11 heteroatoms. The van der Waals surface area contributed by atoms with Crippen molar-refractivity contribution in [1.29, 1.82) is 0 Å². The maximum atomic E-state index is 12.8. The summed E-state index contributed by atoms with van der Waals surface area (Å²) in [5.74, 6) is -0.00552. The summed E-state index contributed by atoms with van der Waals surface area (Å²) in [5.41, 5.74) is 1.54. The SMILES string of the molecule is CC(C)S(=O)(=O)c1ccc(CC(=O)N2CCN(c3nc4ccc([N+](=O)[O-])cc4s3)CC2)cc1. The minimum absolute atomic E-state index is 0.00552. The zero-order valence-electron chi connectivity index (χ0n) is 18.3. The molecule has 1 amide bonds. The summed E-state index contributed by atoms with van der Waals surface area (Å²) in [6.45, 7) is 5.64. The second-order valence-corrected chi connectivity index (χ2v) is 11.7. The van der Waals surface area contributed by atoms with Gasteiger partial charge in [-0.15, -0.1) is 0 Å². The van der Waals surface area contributed by atoms with Crippen LogP contribution in [0.1, 0.15) is 19.4 Å². The lowest BCUT2D eigenvalue weighted by Crippen LogP contribution is -2.49. The van der Waals surface area contributed by atoms with Crippen molar-refractivity contribution in [1.82, 2.24) is 9.88 Å². The number of carbonyl (C=O) groups excluding carboxylic acids is 1. The Bertz CT molecular complexity index is 1290. The van der Waals surface area contributed by atoms with Gasteiger partial charge in [-0.25, -0.2) is 13.4 Å². The molecule has 33 heavy (non-hydrogen) atoms. The number of fused-ring (bicyclic) bond motifs is 1. The zero-order valence-corrected chi connectivity index (χ0v) is 19.9. The molecule has 0 aliphatic carbocycles. The van der Waals surface area contributed by atoms with E-state index in [2.05, 4.69) is 9.88 Å².